The molecule has 2 aromatic carbocycles. The number of amides is 1. The molecule has 1 amide bonds. The number of halogens is 3. The number of carbonyl (C=O) groups is 1. The second-order valence-electron chi connectivity index (χ2n) is 4.33. The molecule has 0 fully saturated rings. The van der Waals surface area contributed by atoms with Crippen LogP contribution >= 0.6 is 34.8 Å². The molecule has 0 spiro atoms. The molecular formula is C15H11Cl3N2O. The van der Waals surface area contributed by atoms with E-state index in [4.69, 9.17) is 34.8 Å². The molecule has 21 heavy (non-hydrogen) atoms. The second kappa shape index (κ2) is 6.94. The maximum absolute atomic E-state index is 12.0. The van der Waals surface area contributed by atoms with Crippen LogP contribution in [0, 0.1) is 6.92 Å². The second-order valence-corrected chi connectivity index (χ2v) is 5.52. The zero-order valence-electron chi connectivity index (χ0n) is 11.0. The molecule has 0 aliphatic rings. The summed E-state index contributed by atoms with van der Waals surface area (Å²) in [5, 5.41) is 5.04. The summed E-state index contributed by atoms with van der Waals surface area (Å²) in [7, 11) is 0. The van der Waals surface area contributed by atoms with Crippen LogP contribution in [0.5, 0.6) is 0 Å². The summed E-state index contributed by atoms with van der Waals surface area (Å²) in [4.78, 5) is 12.0. The van der Waals surface area contributed by atoms with E-state index in [1.165, 1.54) is 6.21 Å². The van der Waals surface area contributed by atoms with Crippen LogP contribution in [0.4, 0.5) is 0 Å². The molecule has 0 radical (unpaired) electrons. The van der Waals surface area contributed by atoms with Crippen LogP contribution < -0.4 is 5.43 Å². The maximum Gasteiger partial charge on any atom is 0.272 e. The Kier molecular flexibility index (Phi) is 5.23. The molecule has 0 aromatic heterocycles. The lowest BCUT2D eigenvalue weighted by Crippen LogP contribution is -2.18. The molecule has 6 heteroatoms. The molecule has 0 unspecified atom stereocenters. The van der Waals surface area contributed by atoms with Gasteiger partial charge in [-0.15, -0.1) is 0 Å². The van der Waals surface area contributed by atoms with Gasteiger partial charge >= 0.3 is 0 Å². The van der Waals surface area contributed by atoms with Gasteiger partial charge in [-0.2, -0.15) is 5.10 Å². The van der Waals surface area contributed by atoms with Crippen molar-refractivity contribution in [2.45, 2.75) is 6.92 Å². The Morgan fingerprint density at radius 1 is 1.14 bits per heavy atom. The Hall–Kier alpha value is -1.55. The highest BCUT2D eigenvalue weighted by Crippen LogP contribution is 2.24. The minimum absolute atomic E-state index is 0.358. The van der Waals surface area contributed by atoms with Crippen LogP contribution in [0.1, 0.15) is 21.5 Å². The zero-order valence-corrected chi connectivity index (χ0v) is 13.3. The van der Waals surface area contributed by atoms with Crippen LogP contribution in [0.15, 0.2) is 41.5 Å². The van der Waals surface area contributed by atoms with E-state index in [0.717, 1.165) is 5.56 Å². The standard InChI is InChI=1S/C15H11Cl3N2O/c1-9-5-6-11(13(17)7-9)15(21)20-19-8-10-3-2-4-12(16)14(10)18/h2-8H,1H3,(H,20,21)/b19-8-. The number of hydrogen-bond donors (Lipinski definition) is 1. The van der Waals surface area contributed by atoms with Gasteiger partial charge < -0.3 is 0 Å². The van der Waals surface area contributed by atoms with Gasteiger partial charge in [-0.05, 0) is 30.7 Å². The fourth-order valence-corrected chi connectivity index (χ4v) is 2.32. The highest BCUT2D eigenvalue weighted by molar-refractivity contribution is 6.43. The first-order valence-corrected chi connectivity index (χ1v) is 7.16. The number of benzene rings is 2. The molecule has 0 saturated carbocycles. The van der Waals surface area contributed by atoms with Crippen LogP contribution in [-0.4, -0.2) is 12.1 Å². The van der Waals surface area contributed by atoms with Gasteiger partial charge in [0.1, 0.15) is 0 Å². The first-order chi connectivity index (χ1) is 9.99. The highest BCUT2D eigenvalue weighted by Gasteiger charge is 2.09. The third-order valence-electron chi connectivity index (χ3n) is 2.72. The summed E-state index contributed by atoms with van der Waals surface area (Å²) in [5.41, 5.74) is 4.34. The average molecular weight is 342 g/mol. The number of hydrazone groups is 1. The topological polar surface area (TPSA) is 41.5 Å². The predicted octanol–water partition coefficient (Wildman–Crippen LogP) is 4.72. The van der Waals surface area contributed by atoms with Crippen molar-refractivity contribution < 1.29 is 4.79 Å². The monoisotopic (exact) mass is 340 g/mol. The van der Waals surface area contributed by atoms with Crippen molar-refractivity contribution in [1.82, 2.24) is 5.43 Å². The van der Waals surface area contributed by atoms with Gasteiger partial charge in [0, 0.05) is 5.56 Å². The Labute approximate surface area is 137 Å². The number of nitrogens with one attached hydrogen (secondary N) is 1. The summed E-state index contributed by atoms with van der Waals surface area (Å²) < 4.78 is 0. The van der Waals surface area contributed by atoms with E-state index < -0.39 is 5.91 Å². The zero-order chi connectivity index (χ0) is 15.4. The third-order valence-corrected chi connectivity index (χ3v) is 3.87. The van der Waals surface area contributed by atoms with Gasteiger partial charge in [-0.3, -0.25) is 4.79 Å². The quantitative estimate of drug-likeness (QED) is 0.637. The van der Waals surface area contributed by atoms with Gasteiger partial charge in [0.15, 0.2) is 0 Å². The summed E-state index contributed by atoms with van der Waals surface area (Å²) in [5.74, 6) is -0.394. The van der Waals surface area contributed by atoms with Crippen molar-refractivity contribution in [3.63, 3.8) is 0 Å². The van der Waals surface area contributed by atoms with Gasteiger partial charge in [0.05, 0.1) is 26.8 Å². The predicted molar refractivity (Wildman–Crippen MR) is 87.7 cm³/mol. The van der Waals surface area contributed by atoms with E-state index in [1.54, 1.807) is 36.4 Å². The van der Waals surface area contributed by atoms with Gasteiger partial charge in [0.2, 0.25) is 0 Å². The smallest absolute Gasteiger partial charge is 0.267 e. The Morgan fingerprint density at radius 3 is 2.62 bits per heavy atom. The lowest BCUT2D eigenvalue weighted by molar-refractivity contribution is 0.0955. The lowest BCUT2D eigenvalue weighted by Gasteiger charge is -2.04. The van der Waals surface area contributed by atoms with Crippen molar-refractivity contribution in [1.29, 1.82) is 0 Å². The van der Waals surface area contributed by atoms with Crippen molar-refractivity contribution in [2.75, 3.05) is 0 Å². The SMILES string of the molecule is Cc1ccc(C(=O)N/N=C\c2cccc(Cl)c2Cl)c(Cl)c1. The number of aryl methyl sites for hydroxylation is 1. The lowest BCUT2D eigenvalue weighted by atomic mass is 10.1. The van der Waals surface area contributed by atoms with Gasteiger partial charge in [0.25, 0.3) is 5.91 Å². The molecule has 0 atom stereocenters. The number of nitrogens with zero attached hydrogens (tertiary/aromatic N) is 1. The van der Waals surface area contributed by atoms with Crippen molar-refractivity contribution in [3.05, 3.63) is 68.2 Å². The van der Waals surface area contributed by atoms with E-state index in [1.807, 2.05) is 6.92 Å². The summed E-state index contributed by atoms with van der Waals surface area (Å²) in [6, 6.07) is 10.3. The molecule has 2 aromatic rings. The van der Waals surface area contributed by atoms with Crippen LogP contribution in [0.25, 0.3) is 0 Å². The molecule has 0 bridgehead atoms. The maximum atomic E-state index is 12.0. The third kappa shape index (κ3) is 3.97. The highest BCUT2D eigenvalue weighted by atomic mass is 35.5. The normalized spacial score (nSPS) is 10.9. The van der Waals surface area contributed by atoms with Crippen LogP contribution in [0.3, 0.4) is 0 Å². The van der Waals surface area contributed by atoms with Crippen molar-refractivity contribution >= 4 is 46.9 Å². The Balaban J connectivity index is 2.10. The minimum Gasteiger partial charge on any atom is -0.267 e. The first kappa shape index (κ1) is 15.8. The average Bonchev–Trinajstić information content (AvgIpc) is 2.43. The number of hydrogen-bond acceptors (Lipinski definition) is 2. The minimum atomic E-state index is -0.394. The molecule has 0 saturated heterocycles. The Bertz CT molecular complexity index is 714. The fraction of sp³-hybridized carbons (Fsp3) is 0.0667. The van der Waals surface area contributed by atoms with Gasteiger partial charge in [-0.1, -0.05) is 53.0 Å². The molecule has 1 N–H and O–H groups in total. The number of rotatable bonds is 3. The van der Waals surface area contributed by atoms with Gasteiger partial charge in [-0.25, -0.2) is 5.43 Å². The molecule has 0 aliphatic heterocycles. The molecule has 0 heterocycles. The molecular weight excluding hydrogens is 331 g/mol. The van der Waals surface area contributed by atoms with E-state index in [9.17, 15) is 4.79 Å². The summed E-state index contributed by atoms with van der Waals surface area (Å²) in [6.07, 6.45) is 1.42. The first-order valence-electron chi connectivity index (χ1n) is 6.02. The van der Waals surface area contributed by atoms with Crippen molar-refractivity contribution in [2.24, 2.45) is 5.10 Å². The molecule has 3 nitrogen and oxygen atoms in total. The molecule has 0 aliphatic carbocycles. The van der Waals surface area contributed by atoms with E-state index in [-0.39, 0.29) is 0 Å². The Morgan fingerprint density at radius 2 is 1.90 bits per heavy atom. The number of carbonyl (C=O) groups excluding carboxylic acids is 1. The van der Waals surface area contributed by atoms with Crippen LogP contribution in [0.2, 0.25) is 15.1 Å². The molecule has 2 rings (SSSR count). The van der Waals surface area contributed by atoms with Crippen molar-refractivity contribution in [3.8, 4) is 0 Å². The van der Waals surface area contributed by atoms with Crippen LogP contribution in [-0.2, 0) is 0 Å². The summed E-state index contributed by atoms with van der Waals surface area (Å²) in [6.45, 7) is 1.90. The van der Waals surface area contributed by atoms with E-state index >= 15 is 0 Å². The largest absolute Gasteiger partial charge is 0.272 e. The summed E-state index contributed by atoms with van der Waals surface area (Å²) >= 11 is 17.9. The van der Waals surface area contributed by atoms with E-state index in [2.05, 4.69) is 10.5 Å². The van der Waals surface area contributed by atoms with E-state index in [0.29, 0.717) is 26.2 Å². The fourth-order valence-electron chi connectivity index (χ4n) is 1.65. The molecule has 108 valence electrons.